The van der Waals surface area contributed by atoms with Crippen molar-refractivity contribution in [1.82, 2.24) is 20.2 Å². The first kappa shape index (κ1) is 23.4. The Kier molecular flexibility index (Phi) is 6.65. The van der Waals surface area contributed by atoms with Crippen LogP contribution in [0.1, 0.15) is 40.9 Å². The molecule has 1 saturated heterocycles. The van der Waals surface area contributed by atoms with E-state index in [1.165, 1.54) is 16.8 Å². The lowest BCUT2D eigenvalue weighted by Crippen LogP contribution is -2.31. The third-order valence-corrected chi connectivity index (χ3v) is 5.69. The lowest BCUT2D eigenvalue weighted by atomic mass is 9.90. The van der Waals surface area contributed by atoms with Crippen molar-refractivity contribution in [3.8, 4) is 0 Å². The number of ether oxygens (including phenoxy) is 1. The molecule has 9 heteroatoms. The number of aliphatic hydroxyl groups excluding tert-OH is 1. The Morgan fingerprint density at radius 2 is 1.74 bits per heavy atom. The minimum absolute atomic E-state index is 0.0464. The molecule has 0 aliphatic carbocycles. The van der Waals surface area contributed by atoms with Crippen LogP contribution in [0.15, 0.2) is 48.6 Å². The summed E-state index contributed by atoms with van der Waals surface area (Å²) in [5, 5.41) is 21.8. The van der Waals surface area contributed by atoms with Gasteiger partial charge in [-0.3, -0.25) is 4.79 Å². The van der Waals surface area contributed by atoms with Gasteiger partial charge >= 0.3 is 5.97 Å². The quantitative estimate of drug-likeness (QED) is 0.456. The van der Waals surface area contributed by atoms with E-state index in [0.29, 0.717) is 39.2 Å². The van der Waals surface area contributed by atoms with Gasteiger partial charge in [0.15, 0.2) is 5.82 Å². The Balaban J connectivity index is 1.96. The fourth-order valence-corrected chi connectivity index (χ4v) is 3.94. The van der Waals surface area contributed by atoms with Gasteiger partial charge in [0.1, 0.15) is 17.7 Å². The van der Waals surface area contributed by atoms with Crippen LogP contribution in [0.2, 0.25) is 0 Å². The lowest BCUT2D eigenvalue weighted by molar-refractivity contribution is -0.156. The molecule has 1 N–H and O–H groups in total. The molecule has 0 unspecified atom stereocenters. The summed E-state index contributed by atoms with van der Waals surface area (Å²) >= 11 is 0. The largest absolute Gasteiger partial charge is 0.458 e. The Morgan fingerprint density at radius 3 is 2.24 bits per heavy atom. The van der Waals surface area contributed by atoms with E-state index in [9.17, 15) is 18.7 Å². The third kappa shape index (κ3) is 4.94. The second-order valence-corrected chi connectivity index (χ2v) is 8.32. The normalized spacial score (nSPS) is 18.2. The molecule has 4 rings (SSSR count). The number of hydrogen-bond acceptors (Lipinski definition) is 6. The number of aliphatic hydroxyl groups is 1. The average Bonchev–Trinajstić information content (AvgIpc) is 3.20. The molecule has 1 aliphatic rings. The Hall–Kier alpha value is -3.72. The predicted molar refractivity (Wildman–Crippen MR) is 121 cm³/mol. The summed E-state index contributed by atoms with van der Waals surface area (Å²) in [6.07, 6.45) is 2.16. The van der Waals surface area contributed by atoms with E-state index in [-0.39, 0.29) is 24.5 Å². The number of allylic oxidation sites excluding steroid dienone is 2. The zero-order chi connectivity index (χ0) is 24.4. The molecule has 176 valence electrons. The first-order chi connectivity index (χ1) is 16.2. The van der Waals surface area contributed by atoms with Crippen LogP contribution in [0.3, 0.4) is 0 Å². The molecule has 1 aromatic heterocycles. The van der Waals surface area contributed by atoms with Gasteiger partial charge in [-0.05, 0) is 82.4 Å². The first-order valence-corrected chi connectivity index (χ1v) is 10.8. The second-order valence-electron chi connectivity index (χ2n) is 8.32. The molecule has 0 bridgehead atoms. The van der Waals surface area contributed by atoms with E-state index in [1.54, 1.807) is 57.3 Å². The molecule has 2 atom stereocenters. The molecule has 2 aromatic carbocycles. The third-order valence-electron chi connectivity index (χ3n) is 5.69. The highest BCUT2D eigenvalue weighted by Gasteiger charge is 2.26. The summed E-state index contributed by atoms with van der Waals surface area (Å²) in [4.78, 5) is 11.8. The van der Waals surface area contributed by atoms with Crippen LogP contribution in [0.5, 0.6) is 0 Å². The number of aryl methyl sites for hydroxylation is 3. The highest BCUT2D eigenvalue weighted by Crippen LogP contribution is 2.34. The van der Waals surface area contributed by atoms with E-state index >= 15 is 0 Å². The Labute approximate surface area is 195 Å². The maximum Gasteiger partial charge on any atom is 0.309 e. The predicted octanol–water partition coefficient (Wildman–Crippen LogP) is 3.69. The van der Waals surface area contributed by atoms with Gasteiger partial charge in [-0.1, -0.05) is 18.2 Å². The van der Waals surface area contributed by atoms with Crippen molar-refractivity contribution in [3.05, 3.63) is 88.3 Å². The first-order valence-electron chi connectivity index (χ1n) is 10.8. The van der Waals surface area contributed by atoms with Crippen LogP contribution in [0, 0.1) is 25.5 Å². The van der Waals surface area contributed by atoms with Gasteiger partial charge in [0, 0.05) is 19.0 Å². The minimum atomic E-state index is -0.793. The number of hydrogen-bond donors (Lipinski definition) is 1. The molecule has 0 radical (unpaired) electrons. The lowest BCUT2D eigenvalue weighted by Gasteiger charge is -2.23. The zero-order valence-corrected chi connectivity index (χ0v) is 19.0. The van der Waals surface area contributed by atoms with Crippen molar-refractivity contribution in [2.75, 3.05) is 0 Å². The van der Waals surface area contributed by atoms with Crippen LogP contribution in [0.25, 0.3) is 11.1 Å². The summed E-state index contributed by atoms with van der Waals surface area (Å²) < 4.78 is 35.0. The maximum absolute atomic E-state index is 14.1. The SMILES string of the molecule is Cc1cc(C(=C(C=C[C@@H]2C[C@@H](O)CC(=O)O2)c2nnnn2C)c2ccc(F)c(C)c2)ccc1F. The van der Waals surface area contributed by atoms with Crippen LogP contribution in [-0.2, 0) is 16.6 Å². The summed E-state index contributed by atoms with van der Waals surface area (Å²) in [6, 6.07) is 9.42. The molecular weight excluding hydrogens is 442 g/mol. The maximum atomic E-state index is 14.1. The Bertz CT molecular complexity index is 1250. The molecule has 3 aromatic rings. The molecule has 0 saturated carbocycles. The number of esters is 1. The van der Waals surface area contributed by atoms with Gasteiger partial charge in [0.2, 0.25) is 0 Å². The van der Waals surface area contributed by atoms with Gasteiger partial charge in [-0.15, -0.1) is 5.10 Å². The average molecular weight is 466 g/mol. The molecule has 0 amide bonds. The summed E-state index contributed by atoms with van der Waals surface area (Å²) in [5.74, 6) is -0.779. The second kappa shape index (κ2) is 9.64. The van der Waals surface area contributed by atoms with Gasteiger partial charge in [0.25, 0.3) is 0 Å². The van der Waals surface area contributed by atoms with E-state index in [1.807, 2.05) is 0 Å². The van der Waals surface area contributed by atoms with E-state index in [2.05, 4.69) is 15.5 Å². The van der Waals surface area contributed by atoms with Crippen LogP contribution in [-0.4, -0.2) is 43.5 Å². The molecule has 1 aliphatic heterocycles. The molecule has 1 fully saturated rings. The van der Waals surface area contributed by atoms with E-state index in [4.69, 9.17) is 4.74 Å². The number of benzene rings is 2. The summed E-state index contributed by atoms with van der Waals surface area (Å²) in [6.45, 7) is 3.32. The van der Waals surface area contributed by atoms with E-state index in [0.717, 1.165) is 0 Å². The number of carbonyl (C=O) groups is 1. The number of rotatable bonds is 5. The smallest absolute Gasteiger partial charge is 0.309 e. The standard InChI is InChI=1S/C25H24F2N4O3/c1-14-10-16(4-8-21(14)26)24(17-5-9-22(27)15(2)11-17)20(25-28-29-30-31(25)3)7-6-19-12-18(32)13-23(33)34-19/h4-11,18-19,32H,12-13H2,1-3H3/t18-,19-/m1/s1. The molecular formula is C25H24F2N4O3. The minimum Gasteiger partial charge on any atom is -0.458 e. The van der Waals surface area contributed by atoms with Crippen LogP contribution < -0.4 is 0 Å². The van der Waals surface area contributed by atoms with Crippen molar-refractivity contribution in [1.29, 1.82) is 0 Å². The van der Waals surface area contributed by atoms with Crippen molar-refractivity contribution in [2.24, 2.45) is 7.05 Å². The van der Waals surface area contributed by atoms with Crippen molar-refractivity contribution >= 4 is 17.1 Å². The number of halogens is 2. The van der Waals surface area contributed by atoms with Crippen LogP contribution in [0.4, 0.5) is 8.78 Å². The van der Waals surface area contributed by atoms with Gasteiger partial charge in [-0.2, -0.15) is 0 Å². The fraction of sp³-hybridized carbons (Fsp3) is 0.280. The number of carbonyl (C=O) groups excluding carboxylic acids is 1. The fourth-order valence-electron chi connectivity index (χ4n) is 3.94. The highest BCUT2D eigenvalue weighted by molar-refractivity contribution is 6.01. The van der Waals surface area contributed by atoms with Gasteiger partial charge in [-0.25, -0.2) is 13.5 Å². The van der Waals surface area contributed by atoms with Gasteiger partial charge in [0.05, 0.1) is 12.5 Å². The summed E-state index contributed by atoms with van der Waals surface area (Å²) in [7, 11) is 1.68. The van der Waals surface area contributed by atoms with E-state index < -0.39 is 18.2 Å². The monoisotopic (exact) mass is 466 g/mol. The van der Waals surface area contributed by atoms with Crippen LogP contribution >= 0.6 is 0 Å². The van der Waals surface area contributed by atoms with Crippen molar-refractivity contribution in [2.45, 2.75) is 38.9 Å². The van der Waals surface area contributed by atoms with Gasteiger partial charge < -0.3 is 9.84 Å². The number of aromatic nitrogens is 4. The molecule has 34 heavy (non-hydrogen) atoms. The Morgan fingerprint density at radius 1 is 1.12 bits per heavy atom. The topological polar surface area (TPSA) is 90.1 Å². The number of nitrogens with zero attached hydrogens (tertiary/aromatic N) is 4. The molecule has 7 nitrogen and oxygen atoms in total. The number of tetrazole rings is 1. The molecule has 2 heterocycles. The highest BCUT2D eigenvalue weighted by atomic mass is 19.1. The molecule has 0 spiro atoms. The van der Waals surface area contributed by atoms with Crippen molar-refractivity contribution in [3.63, 3.8) is 0 Å². The van der Waals surface area contributed by atoms with Crippen molar-refractivity contribution < 1.29 is 23.4 Å². The summed E-state index contributed by atoms with van der Waals surface area (Å²) in [5.41, 5.74) is 3.43. The zero-order valence-electron chi connectivity index (χ0n) is 19.0. The number of cyclic esters (lactones) is 1.